The summed E-state index contributed by atoms with van der Waals surface area (Å²) in [4.78, 5) is 18.7. The molecule has 1 aromatic heterocycles. The molecule has 4 nitrogen and oxygen atoms in total. The van der Waals surface area contributed by atoms with Gasteiger partial charge in [-0.25, -0.2) is 4.98 Å². The second-order valence-corrected chi connectivity index (χ2v) is 6.56. The molecule has 1 aliphatic heterocycles. The summed E-state index contributed by atoms with van der Waals surface area (Å²) in [7, 11) is 0. The van der Waals surface area contributed by atoms with Gasteiger partial charge in [0.1, 0.15) is 11.1 Å². The molecule has 0 saturated heterocycles. The maximum Gasteiger partial charge on any atom is 0.243 e. The lowest BCUT2D eigenvalue weighted by molar-refractivity contribution is -0.119. The van der Waals surface area contributed by atoms with Gasteiger partial charge in [0.25, 0.3) is 0 Å². The van der Waals surface area contributed by atoms with E-state index < -0.39 is 11.4 Å². The van der Waals surface area contributed by atoms with Crippen LogP contribution in [0.1, 0.15) is 25.8 Å². The van der Waals surface area contributed by atoms with Crippen LogP contribution in [-0.2, 0) is 11.2 Å². The molecular weight excluding hydrogens is 272 g/mol. The van der Waals surface area contributed by atoms with Crippen molar-refractivity contribution >= 4 is 23.5 Å². The number of aromatic nitrogens is 1. The quantitative estimate of drug-likeness (QED) is 0.903. The molecule has 0 unspecified atom stereocenters. The molecule has 0 fully saturated rings. The summed E-state index contributed by atoms with van der Waals surface area (Å²) in [6.07, 6.45) is 4.46. The number of pyridine rings is 1. The zero-order valence-electron chi connectivity index (χ0n) is 12.2. The number of anilines is 1. The second kappa shape index (κ2) is 6.59. The maximum atomic E-state index is 12.7. The predicted molar refractivity (Wildman–Crippen MR) is 83.1 cm³/mol. The first-order valence-corrected chi connectivity index (χ1v) is 8.29. The summed E-state index contributed by atoms with van der Waals surface area (Å²) in [5, 5.41) is 9.86. The van der Waals surface area contributed by atoms with Gasteiger partial charge in [0.05, 0.1) is 6.10 Å². The summed E-state index contributed by atoms with van der Waals surface area (Å²) in [6, 6.07) is 3.90. The SMILES string of the molecule is CS[C@@H](C(=O)N1CCc2cccnc21)[C@@H](O)CC(C)C. The van der Waals surface area contributed by atoms with Crippen molar-refractivity contribution in [3.05, 3.63) is 23.9 Å². The number of aliphatic hydroxyl groups is 1. The summed E-state index contributed by atoms with van der Waals surface area (Å²) >= 11 is 1.42. The fourth-order valence-electron chi connectivity index (χ4n) is 2.60. The summed E-state index contributed by atoms with van der Waals surface area (Å²) in [6.45, 7) is 4.77. The zero-order chi connectivity index (χ0) is 14.7. The number of rotatable bonds is 5. The first kappa shape index (κ1) is 15.3. The molecule has 2 atom stereocenters. The number of fused-ring (bicyclic) bond motifs is 1. The molecule has 2 heterocycles. The van der Waals surface area contributed by atoms with Crippen LogP contribution in [0.4, 0.5) is 5.82 Å². The van der Waals surface area contributed by atoms with Gasteiger partial charge in [0.15, 0.2) is 0 Å². The van der Waals surface area contributed by atoms with Crippen LogP contribution in [0.15, 0.2) is 18.3 Å². The van der Waals surface area contributed by atoms with E-state index in [0.29, 0.717) is 18.9 Å². The molecule has 1 amide bonds. The first-order chi connectivity index (χ1) is 9.54. The van der Waals surface area contributed by atoms with Gasteiger partial charge in [-0.3, -0.25) is 9.69 Å². The minimum Gasteiger partial charge on any atom is -0.391 e. The van der Waals surface area contributed by atoms with Gasteiger partial charge >= 0.3 is 0 Å². The molecule has 0 radical (unpaired) electrons. The highest BCUT2D eigenvalue weighted by atomic mass is 32.2. The van der Waals surface area contributed by atoms with Crippen molar-refractivity contribution in [2.75, 3.05) is 17.7 Å². The van der Waals surface area contributed by atoms with Crippen molar-refractivity contribution in [1.29, 1.82) is 0 Å². The Bertz CT molecular complexity index is 479. The van der Waals surface area contributed by atoms with E-state index in [9.17, 15) is 9.90 Å². The van der Waals surface area contributed by atoms with E-state index in [1.165, 1.54) is 11.8 Å². The van der Waals surface area contributed by atoms with Crippen molar-refractivity contribution in [2.24, 2.45) is 5.92 Å². The van der Waals surface area contributed by atoms with Crippen LogP contribution < -0.4 is 4.90 Å². The lowest BCUT2D eigenvalue weighted by Gasteiger charge is -2.26. The van der Waals surface area contributed by atoms with E-state index in [1.807, 2.05) is 18.4 Å². The van der Waals surface area contributed by atoms with Gasteiger partial charge in [-0.1, -0.05) is 19.9 Å². The van der Waals surface area contributed by atoms with E-state index >= 15 is 0 Å². The van der Waals surface area contributed by atoms with E-state index in [1.54, 1.807) is 11.1 Å². The van der Waals surface area contributed by atoms with E-state index in [0.717, 1.165) is 17.8 Å². The molecule has 1 N–H and O–H groups in total. The number of amides is 1. The molecule has 0 spiro atoms. The van der Waals surface area contributed by atoms with E-state index in [2.05, 4.69) is 18.8 Å². The van der Waals surface area contributed by atoms with Crippen molar-refractivity contribution in [3.63, 3.8) is 0 Å². The Kier molecular flexibility index (Phi) is 5.05. The van der Waals surface area contributed by atoms with Crippen LogP contribution in [0.25, 0.3) is 0 Å². The molecule has 1 aromatic rings. The Labute approximate surface area is 124 Å². The smallest absolute Gasteiger partial charge is 0.243 e. The molecule has 110 valence electrons. The Morgan fingerprint density at radius 2 is 2.30 bits per heavy atom. The monoisotopic (exact) mass is 294 g/mol. The molecule has 0 bridgehead atoms. The van der Waals surface area contributed by atoms with Crippen molar-refractivity contribution in [2.45, 2.75) is 38.0 Å². The van der Waals surface area contributed by atoms with E-state index in [4.69, 9.17) is 0 Å². The maximum absolute atomic E-state index is 12.7. The summed E-state index contributed by atoms with van der Waals surface area (Å²) < 4.78 is 0. The number of thioether (sulfide) groups is 1. The third kappa shape index (κ3) is 3.15. The average Bonchev–Trinajstić information content (AvgIpc) is 2.82. The predicted octanol–water partition coefficient (Wildman–Crippen LogP) is 2.11. The highest BCUT2D eigenvalue weighted by Crippen LogP contribution is 2.28. The van der Waals surface area contributed by atoms with Crippen LogP contribution in [0.3, 0.4) is 0 Å². The second-order valence-electron chi connectivity index (χ2n) is 5.58. The molecule has 2 rings (SSSR count). The van der Waals surface area contributed by atoms with Crippen molar-refractivity contribution in [1.82, 2.24) is 4.98 Å². The molecule has 0 aromatic carbocycles. The van der Waals surface area contributed by atoms with Crippen molar-refractivity contribution < 1.29 is 9.90 Å². The molecule has 0 aliphatic carbocycles. The fourth-order valence-corrected chi connectivity index (χ4v) is 3.36. The zero-order valence-corrected chi connectivity index (χ0v) is 13.1. The largest absolute Gasteiger partial charge is 0.391 e. The molecule has 1 aliphatic rings. The summed E-state index contributed by atoms with van der Waals surface area (Å²) in [5.41, 5.74) is 1.11. The number of carbonyl (C=O) groups excluding carboxylic acids is 1. The first-order valence-electron chi connectivity index (χ1n) is 7.00. The van der Waals surface area contributed by atoms with Crippen LogP contribution in [-0.4, -0.2) is 40.2 Å². The normalized spacial score (nSPS) is 17.1. The number of nitrogens with zero attached hydrogens (tertiary/aromatic N) is 2. The van der Waals surface area contributed by atoms with Crippen LogP contribution in [0.5, 0.6) is 0 Å². The van der Waals surface area contributed by atoms with Crippen LogP contribution in [0.2, 0.25) is 0 Å². The van der Waals surface area contributed by atoms with Gasteiger partial charge in [0, 0.05) is 12.7 Å². The highest BCUT2D eigenvalue weighted by Gasteiger charge is 2.34. The van der Waals surface area contributed by atoms with Gasteiger partial charge in [0.2, 0.25) is 5.91 Å². The molecular formula is C15H22N2O2S. The lowest BCUT2D eigenvalue weighted by Crippen LogP contribution is -2.43. The van der Waals surface area contributed by atoms with Crippen LogP contribution in [0, 0.1) is 5.92 Å². The minimum atomic E-state index is -0.606. The Morgan fingerprint density at radius 1 is 1.55 bits per heavy atom. The third-order valence-electron chi connectivity index (χ3n) is 3.55. The van der Waals surface area contributed by atoms with Gasteiger partial charge in [-0.2, -0.15) is 0 Å². The summed E-state index contributed by atoms with van der Waals surface area (Å²) in [5.74, 6) is 1.10. The fraction of sp³-hybridized carbons (Fsp3) is 0.600. The van der Waals surface area contributed by atoms with Crippen LogP contribution >= 0.6 is 11.8 Å². The third-order valence-corrected chi connectivity index (χ3v) is 4.58. The van der Waals surface area contributed by atoms with Gasteiger partial charge in [-0.15, -0.1) is 11.8 Å². The minimum absolute atomic E-state index is 0.0249. The Morgan fingerprint density at radius 3 is 2.95 bits per heavy atom. The molecule has 0 saturated carbocycles. The van der Waals surface area contributed by atoms with Gasteiger partial charge in [-0.05, 0) is 36.6 Å². The Balaban J connectivity index is 2.14. The average molecular weight is 294 g/mol. The molecule has 20 heavy (non-hydrogen) atoms. The lowest BCUT2D eigenvalue weighted by atomic mass is 10.0. The number of carbonyl (C=O) groups is 1. The van der Waals surface area contributed by atoms with E-state index in [-0.39, 0.29) is 5.91 Å². The van der Waals surface area contributed by atoms with Crippen molar-refractivity contribution in [3.8, 4) is 0 Å². The standard InChI is InChI=1S/C15H22N2O2S/c1-10(2)9-12(18)13(20-3)15(19)17-8-6-11-5-4-7-16-14(11)17/h4-5,7,10,12-13,18H,6,8-9H2,1-3H3/t12-,13+/m0/s1. The molecule has 5 heteroatoms. The number of hydrogen-bond acceptors (Lipinski definition) is 4. The van der Waals surface area contributed by atoms with Gasteiger partial charge < -0.3 is 5.11 Å². The number of aliphatic hydroxyl groups excluding tert-OH is 1. The Hall–Kier alpha value is -1.07. The topological polar surface area (TPSA) is 53.4 Å². The highest BCUT2D eigenvalue weighted by molar-refractivity contribution is 8.00. The number of hydrogen-bond donors (Lipinski definition) is 1.